The molecule has 0 aliphatic heterocycles. The van der Waals surface area contributed by atoms with Crippen molar-refractivity contribution >= 4 is 0 Å². The molecule has 6 N–H and O–H groups in total. The van der Waals surface area contributed by atoms with Gasteiger partial charge in [-0.15, -0.1) is 0 Å². The number of aromatic nitrogens is 7. The molecule has 7 heterocycles. The van der Waals surface area contributed by atoms with Crippen molar-refractivity contribution in [3.05, 3.63) is 168 Å². The predicted molar refractivity (Wildman–Crippen MR) is 415 cm³/mol. The van der Waals surface area contributed by atoms with Gasteiger partial charge < -0.3 is 34.5 Å². The van der Waals surface area contributed by atoms with Crippen molar-refractivity contribution in [1.29, 1.82) is 0 Å². The normalized spacial score (nSPS) is 12.5. The maximum atomic E-state index is 3.26. The standard InChI is InChI=1S/C13H24N2.3C12H22N2.2C11H20N2.C10H18N2/c1-6-8-15(13(2,3)4)11-12-7-9-14(5)10-12;1-10(2)14(12(3,4)5)9-11-6-7-13-8-11;1-10(2)14(12(3,4)5)9-11-7-6-8-13-11;1-5-9-14(12(2,3)4)10-11-7-6-8-13-11;1-5-13(11(2,3)4)9-10-6-7-12-8-10;1-5-13(11(2,3)4)9-10-7-6-8-12-10;1-10(2,3)12(4)8-9-5-6-11-7-9/h7,9-10H,6,8,11H2,1-5H3;2*6-8,10,13H,9H2,1-5H3;6-8,13H,5,9-10H2,1-4H3;2*6-8,12H,5,9H2,1-4H3;5-7,11H,8H2,1-4H3. The Hall–Kier alpha value is -5.32. The lowest BCUT2D eigenvalue weighted by atomic mass is 10.0. The lowest BCUT2D eigenvalue weighted by Gasteiger charge is -2.38. The first kappa shape index (κ1) is 87.7. The van der Waals surface area contributed by atoms with E-state index in [0.29, 0.717) is 12.1 Å². The smallest absolute Gasteiger partial charge is 0.0392 e. The first-order valence-corrected chi connectivity index (χ1v) is 35.9. The van der Waals surface area contributed by atoms with Crippen LogP contribution in [0.15, 0.2) is 129 Å². The van der Waals surface area contributed by atoms with E-state index >= 15 is 0 Å². The second-order valence-corrected chi connectivity index (χ2v) is 33.3. The number of aromatic amines is 6. The van der Waals surface area contributed by atoms with Gasteiger partial charge >= 0.3 is 0 Å². The molecule has 7 aromatic rings. The van der Waals surface area contributed by atoms with E-state index in [1.807, 2.05) is 49.4 Å². The summed E-state index contributed by atoms with van der Waals surface area (Å²) in [5.41, 5.74) is 11.0. The molecule has 0 bridgehead atoms. The second kappa shape index (κ2) is 41.8. The van der Waals surface area contributed by atoms with Crippen LogP contribution in [0.4, 0.5) is 0 Å². The van der Waals surface area contributed by atoms with Gasteiger partial charge in [0.05, 0.1) is 0 Å². The van der Waals surface area contributed by atoms with Crippen molar-refractivity contribution in [3.8, 4) is 0 Å². The van der Waals surface area contributed by atoms with Gasteiger partial charge in [-0.25, -0.2) is 0 Å². The summed E-state index contributed by atoms with van der Waals surface area (Å²) < 4.78 is 2.11. The van der Waals surface area contributed by atoms with Crippen LogP contribution in [-0.2, 0) is 52.9 Å². The van der Waals surface area contributed by atoms with Crippen LogP contribution in [0.1, 0.15) is 253 Å². The van der Waals surface area contributed by atoms with Crippen LogP contribution in [0.25, 0.3) is 0 Å². The quantitative estimate of drug-likeness (QED) is 0.0400. The molecule has 0 aliphatic carbocycles. The third-order valence-corrected chi connectivity index (χ3v) is 17.1. The Labute approximate surface area is 584 Å². The van der Waals surface area contributed by atoms with Gasteiger partial charge in [-0.05, 0) is 302 Å². The van der Waals surface area contributed by atoms with Crippen LogP contribution in [0, 0.1) is 0 Å². The van der Waals surface area contributed by atoms with Crippen molar-refractivity contribution < 1.29 is 0 Å². The van der Waals surface area contributed by atoms with E-state index in [1.165, 1.54) is 58.7 Å². The summed E-state index contributed by atoms with van der Waals surface area (Å²) in [5, 5.41) is 0. The Bertz CT molecular complexity index is 2720. The molecule has 7 aromatic heterocycles. The molecule has 0 spiro atoms. The number of H-pyrrole nitrogens is 6. The molecule has 0 unspecified atom stereocenters. The summed E-state index contributed by atoms with van der Waals surface area (Å²) in [6, 6.07) is 22.3. The van der Waals surface area contributed by atoms with Crippen molar-refractivity contribution in [2.24, 2.45) is 7.05 Å². The Balaban J connectivity index is 0.000000555. The van der Waals surface area contributed by atoms with Crippen LogP contribution in [-0.4, -0.2) is 153 Å². The average Bonchev–Trinajstić information content (AvgIpc) is 1.98. The maximum Gasteiger partial charge on any atom is 0.0392 e. The van der Waals surface area contributed by atoms with Crippen LogP contribution in [0.2, 0.25) is 0 Å². The van der Waals surface area contributed by atoms with Gasteiger partial charge in [0, 0.05) is 189 Å². The van der Waals surface area contributed by atoms with Gasteiger partial charge in [0.1, 0.15) is 0 Å². The summed E-state index contributed by atoms with van der Waals surface area (Å²) in [6.07, 6.45) is 24.8. The van der Waals surface area contributed by atoms with Gasteiger partial charge in [-0.2, -0.15) is 0 Å². The molecule has 0 atom stereocenters. The minimum absolute atomic E-state index is 0.222. The molecule has 0 aromatic carbocycles. The SMILES string of the molecule is CC(C)N(Cc1cc[nH]c1)C(C)(C)C.CC(C)N(Cc1ccc[nH]1)C(C)(C)C.CCCN(Cc1ccc[nH]1)C(C)(C)C.CCCN(Cc1ccn(C)c1)C(C)(C)C.CCN(Cc1cc[nH]c1)C(C)(C)C.CCN(Cc1ccc[nH]1)C(C)(C)C.CN(Cc1cc[nH]c1)C(C)(C)C. The topological polar surface area (TPSA) is 122 Å². The van der Waals surface area contributed by atoms with E-state index in [0.717, 1.165) is 65.4 Å². The Morgan fingerprint density at radius 1 is 0.358 bits per heavy atom. The van der Waals surface area contributed by atoms with Gasteiger partial charge in [0.25, 0.3) is 0 Å². The molecule has 14 heteroatoms. The highest BCUT2D eigenvalue weighted by Gasteiger charge is 2.27. The molecular formula is C81H148N14. The average molecular weight is 1320 g/mol. The fourth-order valence-corrected chi connectivity index (χ4v) is 11.0. The third kappa shape index (κ3) is 37.3. The molecule has 14 nitrogen and oxygen atoms in total. The zero-order valence-electron chi connectivity index (χ0n) is 67.0. The largest absolute Gasteiger partial charge is 0.367 e. The number of rotatable bonds is 22. The number of aryl methyl sites for hydroxylation is 1. The van der Waals surface area contributed by atoms with Crippen LogP contribution in [0.3, 0.4) is 0 Å². The van der Waals surface area contributed by atoms with Gasteiger partial charge in [-0.3, -0.25) is 34.3 Å². The summed E-state index contributed by atoms with van der Waals surface area (Å²) in [4.78, 5) is 36.2. The highest BCUT2D eigenvalue weighted by molar-refractivity contribution is 5.13. The van der Waals surface area contributed by atoms with Gasteiger partial charge in [-0.1, -0.05) is 27.7 Å². The Morgan fingerprint density at radius 2 is 0.684 bits per heavy atom. The van der Waals surface area contributed by atoms with Crippen molar-refractivity contribution in [2.75, 3.05) is 33.2 Å². The molecule has 0 radical (unpaired) electrons. The van der Waals surface area contributed by atoms with Gasteiger partial charge in [0.15, 0.2) is 0 Å². The molecule has 0 aliphatic rings. The highest BCUT2D eigenvalue weighted by atomic mass is 15.2. The summed E-state index contributed by atoms with van der Waals surface area (Å²) in [6.45, 7) is 76.9. The zero-order valence-corrected chi connectivity index (χ0v) is 67.0. The maximum absolute atomic E-state index is 3.26. The molecule has 95 heavy (non-hydrogen) atoms. The molecule has 0 amide bonds. The minimum Gasteiger partial charge on any atom is -0.367 e. The Morgan fingerprint density at radius 3 is 0.968 bits per heavy atom. The predicted octanol–water partition coefficient (Wildman–Crippen LogP) is 19.6. The molecule has 0 saturated heterocycles. The molecule has 0 saturated carbocycles. The zero-order chi connectivity index (χ0) is 72.6. The number of nitrogens with one attached hydrogen (secondary N) is 6. The van der Waals surface area contributed by atoms with Gasteiger partial charge in [0.2, 0.25) is 0 Å². The molecular weight excluding hydrogens is 1170 g/mol. The summed E-state index contributed by atoms with van der Waals surface area (Å²) in [7, 11) is 4.22. The number of nitrogens with zero attached hydrogens (tertiary/aromatic N) is 8. The fourth-order valence-electron chi connectivity index (χ4n) is 11.0. The fraction of sp³-hybridized carbons (Fsp3) is 0.654. The first-order valence-electron chi connectivity index (χ1n) is 35.9. The van der Waals surface area contributed by atoms with E-state index in [4.69, 9.17) is 0 Å². The number of hydrogen-bond acceptors (Lipinski definition) is 7. The van der Waals surface area contributed by atoms with E-state index in [2.05, 4.69) is 363 Å². The van der Waals surface area contributed by atoms with Crippen molar-refractivity contribution in [2.45, 2.75) is 310 Å². The monoisotopic (exact) mass is 1320 g/mol. The van der Waals surface area contributed by atoms with Crippen molar-refractivity contribution in [3.63, 3.8) is 0 Å². The van der Waals surface area contributed by atoms with Crippen LogP contribution in [0.5, 0.6) is 0 Å². The molecule has 7 rings (SSSR count). The lowest BCUT2D eigenvalue weighted by Crippen LogP contribution is -2.45. The second-order valence-electron chi connectivity index (χ2n) is 33.3. The third-order valence-electron chi connectivity index (χ3n) is 17.1. The Kier molecular flexibility index (Phi) is 38.6. The molecule has 542 valence electrons. The number of hydrogen-bond donors (Lipinski definition) is 6. The molecule has 0 fully saturated rings. The van der Waals surface area contributed by atoms with E-state index < -0.39 is 0 Å². The summed E-state index contributed by atoms with van der Waals surface area (Å²) >= 11 is 0. The minimum atomic E-state index is 0.222. The van der Waals surface area contributed by atoms with Crippen molar-refractivity contribution in [1.82, 2.24) is 68.8 Å². The van der Waals surface area contributed by atoms with Crippen LogP contribution < -0.4 is 0 Å². The van der Waals surface area contributed by atoms with E-state index in [-0.39, 0.29) is 38.8 Å². The van der Waals surface area contributed by atoms with E-state index in [1.54, 1.807) is 0 Å². The highest BCUT2D eigenvalue weighted by Crippen LogP contribution is 2.24. The van der Waals surface area contributed by atoms with Crippen LogP contribution >= 0.6 is 0 Å². The lowest BCUT2D eigenvalue weighted by molar-refractivity contribution is 0.0888. The van der Waals surface area contributed by atoms with E-state index in [9.17, 15) is 0 Å². The first-order chi connectivity index (χ1) is 43.9. The summed E-state index contributed by atoms with van der Waals surface area (Å²) in [5.74, 6) is 0.